The Labute approximate surface area is 324 Å². The Morgan fingerprint density at radius 3 is 2.00 bits per heavy atom. The molecule has 12 rings (SSSR count). The molecular formula is C36H35F2N5O7S4. The third-order valence-electron chi connectivity index (χ3n) is 13.4. The van der Waals surface area contributed by atoms with Crippen molar-refractivity contribution in [3.63, 3.8) is 0 Å². The fraction of sp³-hybridized carbons (Fsp3) is 0.528. The maximum Gasteiger partial charge on any atom is 0.311 e. The molecule has 9 heterocycles. The van der Waals surface area contributed by atoms with Crippen LogP contribution in [0.15, 0.2) is 36.4 Å². The average Bonchev–Trinajstić information content (AvgIpc) is 3.76. The minimum absolute atomic E-state index is 0.0337. The number of rotatable bonds is 2. The van der Waals surface area contributed by atoms with Crippen molar-refractivity contribution in [1.29, 1.82) is 0 Å². The standard InChI is InChI=1S/C36H35F2N5O7S4/c1-30(2,3)29(49)50-23-34(19-14-17(38)10-11-20(19)39-24(34)43-26(46)32(5)41(7)28(48)36(23,43)54-52-32)33-18-13-16(37)9-8-15(18)12-21(33)42-25(45)31(4)40(6)27(47)35(42,22(33)44)53-51-31/h8-11,13-14,21-24,39,44H,12H2,1-7H3/t21-,22-,23-,24+,31-,32-,33-,34+,35-,36-/m0/s1. The number of aliphatic hydroxyl groups is 1. The summed E-state index contributed by atoms with van der Waals surface area (Å²) >= 11 is 0. The zero-order valence-corrected chi connectivity index (χ0v) is 33.3. The average molecular weight is 816 g/mol. The van der Waals surface area contributed by atoms with Crippen molar-refractivity contribution >= 4 is 78.5 Å². The number of nitrogens with one attached hydrogen (secondary N) is 1. The SMILES string of the molecule is CN1C(=O)[C@]23SS[C@@]1(C)C(=O)N2[C@H]1Cc2ccc(F)cc2[C@@]1([C@@]12c4cc(F)ccc4N[C@@H]1N1C(=O)[C@]4(C)SS[C@]1(C(=O)N4C)[C@H]2OC(=O)C(C)(C)C)[C@@H]3O. The van der Waals surface area contributed by atoms with E-state index >= 15 is 18.4 Å². The van der Waals surface area contributed by atoms with E-state index in [0.29, 0.717) is 11.3 Å². The molecule has 0 unspecified atom stereocenters. The largest absolute Gasteiger partial charge is 0.457 e. The molecule has 12 nitrogen and oxygen atoms in total. The maximum absolute atomic E-state index is 16.0. The van der Waals surface area contributed by atoms with E-state index in [1.165, 1.54) is 64.0 Å². The minimum atomic E-state index is -2.03. The van der Waals surface area contributed by atoms with Crippen LogP contribution in [0.3, 0.4) is 0 Å². The Kier molecular flexibility index (Phi) is 6.54. The molecule has 4 bridgehead atoms. The van der Waals surface area contributed by atoms with Crippen LogP contribution in [0.2, 0.25) is 0 Å². The number of ether oxygens (including phenoxy) is 1. The van der Waals surface area contributed by atoms with Crippen molar-refractivity contribution in [2.24, 2.45) is 5.41 Å². The number of carbonyl (C=O) groups excluding carboxylic acids is 5. The van der Waals surface area contributed by atoms with Gasteiger partial charge in [-0.25, -0.2) is 8.78 Å². The number of anilines is 1. The molecule has 10 atom stereocenters. The third-order valence-corrected chi connectivity index (χ3v) is 20.8. The molecule has 8 saturated heterocycles. The minimum Gasteiger partial charge on any atom is -0.457 e. The molecule has 1 aliphatic carbocycles. The molecule has 2 spiro atoms. The van der Waals surface area contributed by atoms with Gasteiger partial charge in [-0.1, -0.05) is 27.7 Å². The fourth-order valence-corrected chi connectivity index (χ4v) is 17.8. The lowest BCUT2D eigenvalue weighted by Crippen LogP contribution is -2.77. The smallest absolute Gasteiger partial charge is 0.311 e. The topological polar surface area (TPSA) is 140 Å². The highest BCUT2D eigenvalue weighted by molar-refractivity contribution is 8.78. The van der Waals surface area contributed by atoms with E-state index in [1.807, 2.05) is 0 Å². The lowest BCUT2D eigenvalue weighted by molar-refractivity contribution is -0.177. The van der Waals surface area contributed by atoms with E-state index in [4.69, 9.17) is 4.74 Å². The molecule has 0 saturated carbocycles. The first kappa shape index (κ1) is 35.2. The Bertz CT molecular complexity index is 2230. The molecular weight excluding hydrogens is 781 g/mol. The summed E-state index contributed by atoms with van der Waals surface area (Å²) in [6.45, 7) is 8.16. The van der Waals surface area contributed by atoms with E-state index in [0.717, 1.165) is 43.2 Å². The number of nitrogens with zero attached hydrogens (tertiary/aromatic N) is 4. The molecule has 0 radical (unpaired) electrons. The summed E-state index contributed by atoms with van der Waals surface area (Å²) in [7, 11) is 7.36. The van der Waals surface area contributed by atoms with Crippen molar-refractivity contribution in [3.05, 3.63) is 64.7 Å². The normalized spacial score (nSPS) is 42.2. The van der Waals surface area contributed by atoms with Gasteiger partial charge in [0.1, 0.15) is 23.9 Å². The molecule has 2 aromatic carbocycles. The van der Waals surface area contributed by atoms with Crippen LogP contribution in [0.1, 0.15) is 51.3 Å². The highest BCUT2D eigenvalue weighted by Crippen LogP contribution is 2.79. The van der Waals surface area contributed by atoms with Crippen molar-refractivity contribution in [2.45, 2.75) is 95.8 Å². The Balaban J connectivity index is 1.40. The summed E-state index contributed by atoms with van der Waals surface area (Å²) < 4.78 is 38.6. The van der Waals surface area contributed by atoms with E-state index < -0.39 is 101 Å². The van der Waals surface area contributed by atoms with Crippen LogP contribution in [-0.2, 0) is 46.0 Å². The summed E-state index contributed by atoms with van der Waals surface area (Å²) in [5.41, 5.74) is -3.95. The molecule has 8 fully saturated rings. The van der Waals surface area contributed by atoms with Crippen LogP contribution in [0.25, 0.3) is 0 Å². The van der Waals surface area contributed by atoms with E-state index in [9.17, 15) is 19.5 Å². The molecule has 54 heavy (non-hydrogen) atoms. The van der Waals surface area contributed by atoms with Gasteiger partial charge in [0.2, 0.25) is 9.74 Å². The number of aliphatic hydroxyl groups excluding tert-OH is 1. The zero-order chi connectivity index (χ0) is 38.7. The number of benzene rings is 2. The Hall–Kier alpha value is -3.19. The molecule has 284 valence electrons. The number of halogens is 2. The van der Waals surface area contributed by atoms with Crippen LogP contribution < -0.4 is 5.32 Å². The first-order valence-corrected chi connectivity index (χ1v) is 21.8. The van der Waals surface area contributed by atoms with Gasteiger partial charge in [0, 0.05) is 19.8 Å². The zero-order valence-electron chi connectivity index (χ0n) is 30.1. The van der Waals surface area contributed by atoms with Crippen LogP contribution in [-0.4, -0.2) is 112 Å². The number of fused-ring (bicyclic) bond motifs is 11. The van der Waals surface area contributed by atoms with Crippen molar-refractivity contribution in [3.8, 4) is 0 Å². The summed E-state index contributed by atoms with van der Waals surface area (Å²) in [5.74, 6) is -4.23. The number of piperazine rings is 2. The molecule has 10 aliphatic rings. The number of hydrogen-bond acceptors (Lipinski definition) is 12. The molecule has 4 amide bonds. The molecule has 18 heteroatoms. The molecule has 2 aromatic rings. The Morgan fingerprint density at radius 2 is 1.37 bits per heavy atom. The number of likely N-dealkylation sites (N-methyl/N-ethyl adjacent to an activating group) is 2. The van der Waals surface area contributed by atoms with Crippen molar-refractivity contribution in [1.82, 2.24) is 19.6 Å². The van der Waals surface area contributed by atoms with Crippen LogP contribution in [0, 0.1) is 17.0 Å². The molecule has 0 aromatic heterocycles. The van der Waals surface area contributed by atoms with Crippen LogP contribution >= 0.6 is 43.2 Å². The highest BCUT2D eigenvalue weighted by Gasteiger charge is 2.93. The van der Waals surface area contributed by atoms with Gasteiger partial charge >= 0.3 is 5.97 Å². The lowest BCUT2D eigenvalue weighted by Gasteiger charge is -2.58. The van der Waals surface area contributed by atoms with Gasteiger partial charge in [0.25, 0.3) is 23.6 Å². The van der Waals surface area contributed by atoms with Gasteiger partial charge in [-0.05, 0) is 110 Å². The predicted octanol–water partition coefficient (Wildman–Crippen LogP) is 3.38. The second-order valence-corrected chi connectivity index (χ2v) is 22.2. The number of amides is 4. The first-order valence-electron chi connectivity index (χ1n) is 17.5. The van der Waals surface area contributed by atoms with Crippen molar-refractivity contribution < 1.29 is 42.6 Å². The van der Waals surface area contributed by atoms with Crippen LogP contribution in [0.5, 0.6) is 0 Å². The maximum atomic E-state index is 16.0. The van der Waals surface area contributed by atoms with Crippen molar-refractivity contribution in [2.75, 3.05) is 19.4 Å². The number of carbonyl (C=O) groups is 5. The monoisotopic (exact) mass is 815 g/mol. The Morgan fingerprint density at radius 1 is 0.815 bits per heavy atom. The summed E-state index contributed by atoms with van der Waals surface area (Å²) in [4.78, 5) is 73.2. The van der Waals surface area contributed by atoms with Gasteiger partial charge in [-0.15, -0.1) is 0 Å². The van der Waals surface area contributed by atoms with Gasteiger partial charge in [-0.2, -0.15) is 0 Å². The van der Waals surface area contributed by atoms with Gasteiger partial charge in [0.15, 0.2) is 15.8 Å². The first-order chi connectivity index (χ1) is 25.2. The summed E-state index contributed by atoms with van der Waals surface area (Å²) in [5, 5.41) is 17.0. The quantitative estimate of drug-likeness (QED) is 0.340. The predicted molar refractivity (Wildman–Crippen MR) is 198 cm³/mol. The van der Waals surface area contributed by atoms with Gasteiger partial charge < -0.3 is 29.9 Å². The fourth-order valence-electron chi connectivity index (χ4n) is 10.7. The van der Waals surface area contributed by atoms with Gasteiger partial charge in [0.05, 0.1) is 22.3 Å². The third kappa shape index (κ3) is 3.30. The van der Waals surface area contributed by atoms with E-state index in [1.54, 1.807) is 40.7 Å². The van der Waals surface area contributed by atoms with Crippen LogP contribution in [0.4, 0.5) is 14.5 Å². The van der Waals surface area contributed by atoms with E-state index in [2.05, 4.69) is 5.32 Å². The van der Waals surface area contributed by atoms with Gasteiger partial charge in [-0.3, -0.25) is 28.9 Å². The molecule has 2 N–H and O–H groups in total. The van der Waals surface area contributed by atoms with E-state index in [-0.39, 0.29) is 17.5 Å². The highest BCUT2D eigenvalue weighted by atomic mass is 33.1. The second-order valence-electron chi connectivity index (χ2n) is 16.7. The molecule has 9 aliphatic heterocycles. The second kappa shape index (κ2) is 10.0. The lowest BCUT2D eigenvalue weighted by atomic mass is 9.51. The number of hydrogen-bond donors (Lipinski definition) is 2. The summed E-state index contributed by atoms with van der Waals surface area (Å²) in [6, 6.07) is 6.91. The summed E-state index contributed by atoms with van der Waals surface area (Å²) in [6.07, 6.45) is -4.86. The number of esters is 1.